The summed E-state index contributed by atoms with van der Waals surface area (Å²) in [6, 6.07) is 13.3. The van der Waals surface area contributed by atoms with Crippen molar-refractivity contribution >= 4 is 33.2 Å². The Bertz CT molecular complexity index is 1220. The van der Waals surface area contributed by atoms with E-state index < -0.39 is 15.9 Å². The molecule has 1 heterocycles. The van der Waals surface area contributed by atoms with Crippen LogP contribution in [0.25, 0.3) is 11.3 Å². The molecule has 0 spiro atoms. The van der Waals surface area contributed by atoms with Gasteiger partial charge in [-0.1, -0.05) is 61.6 Å². The molecule has 0 unspecified atom stereocenters. The Morgan fingerprint density at radius 3 is 2.24 bits per heavy atom. The fourth-order valence-electron chi connectivity index (χ4n) is 3.55. The van der Waals surface area contributed by atoms with Crippen molar-refractivity contribution in [1.29, 1.82) is 0 Å². The highest BCUT2D eigenvalue weighted by Gasteiger charge is 2.25. The molecule has 182 valence electrons. The molecule has 0 radical (unpaired) electrons. The van der Waals surface area contributed by atoms with Gasteiger partial charge in [0.25, 0.3) is 5.91 Å². The molecule has 3 rings (SSSR count). The van der Waals surface area contributed by atoms with Crippen LogP contribution in [0.3, 0.4) is 0 Å². The number of aryl methyl sites for hydroxylation is 1. The Balaban J connectivity index is 1.81. The first-order valence-corrected chi connectivity index (χ1v) is 13.2. The molecule has 0 saturated heterocycles. The van der Waals surface area contributed by atoms with Crippen LogP contribution in [0.4, 0.5) is 5.69 Å². The number of carbonyl (C=O) groups is 1. The molecule has 0 aliphatic rings. The molecule has 9 heteroatoms. The van der Waals surface area contributed by atoms with Crippen LogP contribution in [-0.2, 0) is 10.0 Å². The van der Waals surface area contributed by atoms with Crippen LogP contribution >= 0.6 is 11.6 Å². The molecule has 0 aliphatic heterocycles. The number of hydrogen-bond acceptors (Lipinski definition) is 5. The van der Waals surface area contributed by atoms with Crippen molar-refractivity contribution < 1.29 is 17.7 Å². The van der Waals surface area contributed by atoms with E-state index in [0.29, 0.717) is 40.8 Å². The van der Waals surface area contributed by atoms with Crippen LogP contribution in [0.2, 0.25) is 5.02 Å². The zero-order chi connectivity index (χ0) is 24.7. The van der Waals surface area contributed by atoms with Crippen LogP contribution in [0, 0.1) is 6.92 Å². The predicted octanol–water partition coefficient (Wildman–Crippen LogP) is 6.15. The van der Waals surface area contributed by atoms with Crippen LogP contribution in [0.15, 0.2) is 57.9 Å². The monoisotopic (exact) mass is 503 g/mol. The Kier molecular flexibility index (Phi) is 8.88. The van der Waals surface area contributed by atoms with Gasteiger partial charge in [0, 0.05) is 24.3 Å². The van der Waals surface area contributed by atoms with Crippen LogP contribution in [0.1, 0.15) is 55.6 Å². The van der Waals surface area contributed by atoms with E-state index in [0.717, 1.165) is 25.7 Å². The Labute approximate surface area is 206 Å². The maximum atomic E-state index is 13.1. The minimum atomic E-state index is -3.61. The van der Waals surface area contributed by atoms with Gasteiger partial charge in [0.15, 0.2) is 0 Å². The lowest BCUT2D eigenvalue weighted by atomic mass is 10.1. The average Bonchev–Trinajstić information content (AvgIpc) is 3.21. The third-order valence-electron chi connectivity index (χ3n) is 5.49. The summed E-state index contributed by atoms with van der Waals surface area (Å²) < 4.78 is 33.1. The number of carbonyl (C=O) groups excluding carboxylic acids is 1. The number of aromatic nitrogens is 1. The minimum absolute atomic E-state index is 0.204. The van der Waals surface area contributed by atoms with E-state index in [1.54, 1.807) is 47.6 Å². The summed E-state index contributed by atoms with van der Waals surface area (Å²) in [5.74, 6) is -0.0640. The van der Waals surface area contributed by atoms with Crippen molar-refractivity contribution in [1.82, 2.24) is 9.46 Å². The maximum Gasteiger partial charge on any atom is 0.261 e. The second-order valence-corrected chi connectivity index (χ2v) is 10.4. The number of nitrogens with one attached hydrogen (secondary N) is 1. The van der Waals surface area contributed by atoms with Crippen molar-refractivity contribution in [3.8, 4) is 11.3 Å². The van der Waals surface area contributed by atoms with Gasteiger partial charge in [0.2, 0.25) is 10.0 Å². The minimum Gasteiger partial charge on any atom is -0.360 e. The van der Waals surface area contributed by atoms with Crippen LogP contribution in [0.5, 0.6) is 0 Å². The number of rotatable bonds is 11. The normalized spacial score (nSPS) is 11.7. The molecule has 7 nitrogen and oxygen atoms in total. The summed E-state index contributed by atoms with van der Waals surface area (Å²) in [5.41, 5.74) is 1.67. The molecule has 1 N–H and O–H groups in total. The molecule has 1 amide bonds. The van der Waals surface area contributed by atoms with E-state index in [4.69, 9.17) is 16.1 Å². The maximum absolute atomic E-state index is 13.1. The number of nitrogens with zero attached hydrogens (tertiary/aromatic N) is 2. The molecule has 0 saturated carbocycles. The van der Waals surface area contributed by atoms with Gasteiger partial charge >= 0.3 is 0 Å². The first kappa shape index (κ1) is 25.9. The highest BCUT2D eigenvalue weighted by atomic mass is 35.5. The smallest absolute Gasteiger partial charge is 0.261 e. The molecule has 0 atom stereocenters. The van der Waals surface area contributed by atoms with Gasteiger partial charge in [-0.05, 0) is 50.1 Å². The zero-order valence-corrected chi connectivity index (χ0v) is 21.2. The molecule has 1 aromatic heterocycles. The summed E-state index contributed by atoms with van der Waals surface area (Å²) in [7, 11) is -3.61. The molecule has 0 aliphatic carbocycles. The quantitative estimate of drug-likeness (QED) is 0.339. The standard InChI is InChI=1S/C25H30ClN3O4S/c1-4-6-16-29(17-7-5-2)34(31,32)20-14-12-19(13-15-20)27-25(30)23-18(3)33-28-24(23)21-10-8-9-11-22(21)26/h8-15H,4-7,16-17H2,1-3H3,(H,27,30). The van der Waals surface area contributed by atoms with E-state index in [2.05, 4.69) is 10.5 Å². The van der Waals surface area contributed by atoms with E-state index in [1.165, 1.54) is 12.1 Å². The van der Waals surface area contributed by atoms with Crippen LogP contribution in [-0.4, -0.2) is 36.9 Å². The molecular formula is C25H30ClN3O4S. The van der Waals surface area contributed by atoms with Crippen molar-refractivity contribution in [3.05, 3.63) is 64.9 Å². The summed E-state index contributed by atoms with van der Waals surface area (Å²) in [6.07, 6.45) is 3.45. The fraction of sp³-hybridized carbons (Fsp3) is 0.360. The molecule has 2 aromatic carbocycles. The lowest BCUT2D eigenvalue weighted by molar-refractivity contribution is 0.102. The third kappa shape index (κ3) is 5.87. The molecule has 0 bridgehead atoms. The van der Waals surface area contributed by atoms with Crippen molar-refractivity contribution in [2.24, 2.45) is 0 Å². The SMILES string of the molecule is CCCCN(CCCC)S(=O)(=O)c1ccc(NC(=O)c2c(-c3ccccc3Cl)noc2C)cc1. The molecule has 3 aromatic rings. The Morgan fingerprint density at radius 2 is 1.65 bits per heavy atom. The first-order chi connectivity index (χ1) is 16.3. The number of unbranched alkanes of at least 4 members (excludes halogenated alkanes) is 2. The Morgan fingerprint density at radius 1 is 1.03 bits per heavy atom. The topological polar surface area (TPSA) is 92.5 Å². The van der Waals surface area contributed by atoms with E-state index >= 15 is 0 Å². The number of amides is 1. The van der Waals surface area contributed by atoms with Crippen molar-refractivity contribution in [3.63, 3.8) is 0 Å². The second kappa shape index (κ2) is 11.6. The number of anilines is 1. The molecule has 0 fully saturated rings. The summed E-state index contributed by atoms with van der Waals surface area (Å²) >= 11 is 6.28. The van der Waals surface area contributed by atoms with E-state index in [-0.39, 0.29) is 10.5 Å². The average molecular weight is 504 g/mol. The molecular weight excluding hydrogens is 474 g/mol. The highest BCUT2D eigenvalue weighted by Crippen LogP contribution is 2.31. The highest BCUT2D eigenvalue weighted by molar-refractivity contribution is 7.89. The number of halogens is 1. The van der Waals surface area contributed by atoms with E-state index in [9.17, 15) is 13.2 Å². The summed E-state index contributed by atoms with van der Waals surface area (Å²) in [5, 5.41) is 7.27. The number of benzene rings is 2. The van der Waals surface area contributed by atoms with Crippen LogP contribution < -0.4 is 5.32 Å². The van der Waals surface area contributed by atoms with Gasteiger partial charge in [-0.2, -0.15) is 4.31 Å². The molecule has 34 heavy (non-hydrogen) atoms. The van der Waals surface area contributed by atoms with Gasteiger partial charge < -0.3 is 9.84 Å². The van der Waals surface area contributed by atoms with Gasteiger partial charge in [-0.3, -0.25) is 4.79 Å². The second-order valence-electron chi connectivity index (χ2n) is 8.03. The first-order valence-electron chi connectivity index (χ1n) is 11.4. The largest absolute Gasteiger partial charge is 0.360 e. The van der Waals surface area contributed by atoms with E-state index in [1.807, 2.05) is 13.8 Å². The van der Waals surface area contributed by atoms with Gasteiger partial charge in [-0.25, -0.2) is 8.42 Å². The van der Waals surface area contributed by atoms with Gasteiger partial charge in [0.1, 0.15) is 17.0 Å². The summed E-state index contributed by atoms with van der Waals surface area (Å²) in [4.78, 5) is 13.3. The third-order valence-corrected chi connectivity index (χ3v) is 7.73. The lowest BCUT2D eigenvalue weighted by Gasteiger charge is -2.22. The lowest BCUT2D eigenvalue weighted by Crippen LogP contribution is -2.33. The number of sulfonamides is 1. The van der Waals surface area contributed by atoms with Gasteiger partial charge in [0.05, 0.1) is 9.92 Å². The zero-order valence-electron chi connectivity index (χ0n) is 19.7. The fourth-order valence-corrected chi connectivity index (χ4v) is 5.29. The van der Waals surface area contributed by atoms with Crippen molar-refractivity contribution in [2.75, 3.05) is 18.4 Å². The number of hydrogen-bond donors (Lipinski definition) is 1. The van der Waals surface area contributed by atoms with Crippen molar-refractivity contribution in [2.45, 2.75) is 51.3 Å². The van der Waals surface area contributed by atoms with Gasteiger partial charge in [-0.15, -0.1) is 0 Å². The summed E-state index contributed by atoms with van der Waals surface area (Å²) in [6.45, 7) is 6.72. The predicted molar refractivity (Wildman–Crippen MR) is 135 cm³/mol. The Hall–Kier alpha value is -2.68.